The normalized spacial score (nSPS) is 10.9. The summed E-state index contributed by atoms with van der Waals surface area (Å²) in [6, 6.07) is 12.8. The Morgan fingerprint density at radius 1 is 0.895 bits per heavy atom. The van der Waals surface area contributed by atoms with Gasteiger partial charge in [0.2, 0.25) is 0 Å². The van der Waals surface area contributed by atoms with E-state index in [9.17, 15) is 4.39 Å². The number of aryl methyl sites for hydroxylation is 2. The highest BCUT2D eigenvalue weighted by atomic mass is 19.1. The summed E-state index contributed by atoms with van der Waals surface area (Å²) >= 11 is 0. The highest BCUT2D eigenvalue weighted by molar-refractivity contribution is 5.95. The first kappa shape index (κ1) is 11.8. The molecule has 0 amide bonds. The van der Waals surface area contributed by atoms with Crippen molar-refractivity contribution in [3.05, 3.63) is 65.6 Å². The maximum Gasteiger partial charge on any atom is 0.123 e. The van der Waals surface area contributed by atoms with Gasteiger partial charge in [0.1, 0.15) is 5.82 Å². The number of aromatic nitrogens is 1. The van der Waals surface area contributed by atoms with E-state index in [-0.39, 0.29) is 5.82 Å². The molecule has 0 unspecified atom stereocenters. The first-order chi connectivity index (χ1) is 9.15. The molecule has 19 heavy (non-hydrogen) atoms. The van der Waals surface area contributed by atoms with Gasteiger partial charge in [0, 0.05) is 11.6 Å². The number of pyridine rings is 1. The van der Waals surface area contributed by atoms with Gasteiger partial charge in [-0.1, -0.05) is 12.1 Å². The lowest BCUT2D eigenvalue weighted by atomic mass is 9.98. The van der Waals surface area contributed by atoms with Crippen LogP contribution in [0, 0.1) is 19.7 Å². The standard InChI is InChI=1S/C17H14FN/c1-11-9-16-15(13-3-5-14(18)6-4-13)7-8-19-17(16)10-12(11)2/h3-10H,1-2H3. The highest BCUT2D eigenvalue weighted by Gasteiger charge is 2.06. The SMILES string of the molecule is Cc1cc2nccc(-c3ccc(F)cc3)c2cc1C. The molecule has 2 heteroatoms. The number of nitrogens with zero attached hydrogens (tertiary/aromatic N) is 1. The Hall–Kier alpha value is -2.22. The van der Waals surface area contributed by atoms with E-state index in [0.717, 1.165) is 22.0 Å². The fourth-order valence-corrected chi connectivity index (χ4v) is 2.29. The molecule has 0 saturated carbocycles. The minimum atomic E-state index is -0.214. The maximum absolute atomic E-state index is 13.0. The van der Waals surface area contributed by atoms with Crippen LogP contribution < -0.4 is 0 Å². The molecular formula is C17H14FN. The van der Waals surface area contributed by atoms with E-state index in [2.05, 4.69) is 31.0 Å². The first-order valence-corrected chi connectivity index (χ1v) is 6.27. The summed E-state index contributed by atoms with van der Waals surface area (Å²) in [4.78, 5) is 4.41. The van der Waals surface area contributed by atoms with Crippen LogP contribution in [-0.4, -0.2) is 4.98 Å². The second-order valence-electron chi connectivity index (χ2n) is 4.82. The van der Waals surface area contributed by atoms with Gasteiger partial charge in [-0.15, -0.1) is 0 Å². The number of fused-ring (bicyclic) bond motifs is 1. The van der Waals surface area contributed by atoms with Crippen molar-refractivity contribution in [2.75, 3.05) is 0 Å². The zero-order chi connectivity index (χ0) is 13.4. The van der Waals surface area contributed by atoms with E-state index in [1.54, 1.807) is 18.3 Å². The molecule has 0 atom stereocenters. The topological polar surface area (TPSA) is 12.9 Å². The molecule has 0 fully saturated rings. The fourth-order valence-electron chi connectivity index (χ4n) is 2.29. The number of hydrogen-bond acceptors (Lipinski definition) is 1. The van der Waals surface area contributed by atoms with Crippen LogP contribution in [0.5, 0.6) is 0 Å². The van der Waals surface area contributed by atoms with Gasteiger partial charge < -0.3 is 0 Å². The van der Waals surface area contributed by atoms with Crippen molar-refractivity contribution in [3.8, 4) is 11.1 Å². The molecule has 0 aliphatic heterocycles. The Morgan fingerprint density at radius 3 is 2.32 bits per heavy atom. The molecule has 3 rings (SSSR count). The van der Waals surface area contributed by atoms with Crippen LogP contribution in [0.15, 0.2) is 48.7 Å². The van der Waals surface area contributed by atoms with Crippen LogP contribution in [0.1, 0.15) is 11.1 Å². The van der Waals surface area contributed by atoms with E-state index in [1.165, 1.54) is 23.3 Å². The molecule has 0 N–H and O–H groups in total. The average molecular weight is 251 g/mol. The zero-order valence-electron chi connectivity index (χ0n) is 10.9. The Kier molecular flexibility index (Phi) is 2.79. The lowest BCUT2D eigenvalue weighted by Crippen LogP contribution is -1.88. The zero-order valence-corrected chi connectivity index (χ0v) is 10.9. The van der Waals surface area contributed by atoms with Crippen molar-refractivity contribution in [3.63, 3.8) is 0 Å². The second-order valence-corrected chi connectivity index (χ2v) is 4.82. The van der Waals surface area contributed by atoms with E-state index < -0.39 is 0 Å². The van der Waals surface area contributed by atoms with Gasteiger partial charge >= 0.3 is 0 Å². The lowest BCUT2D eigenvalue weighted by Gasteiger charge is -2.09. The summed E-state index contributed by atoms with van der Waals surface area (Å²) in [5, 5.41) is 1.11. The Morgan fingerprint density at radius 2 is 1.58 bits per heavy atom. The number of rotatable bonds is 1. The number of halogens is 1. The molecule has 0 aliphatic carbocycles. The van der Waals surface area contributed by atoms with Crippen LogP contribution in [-0.2, 0) is 0 Å². The molecule has 1 aromatic heterocycles. The van der Waals surface area contributed by atoms with Crippen molar-refractivity contribution in [2.24, 2.45) is 0 Å². The van der Waals surface area contributed by atoms with E-state index in [4.69, 9.17) is 0 Å². The molecule has 3 aromatic rings. The molecule has 1 nitrogen and oxygen atoms in total. The molecule has 2 aromatic carbocycles. The van der Waals surface area contributed by atoms with Crippen LogP contribution in [0.4, 0.5) is 4.39 Å². The van der Waals surface area contributed by atoms with Crippen LogP contribution in [0.3, 0.4) is 0 Å². The number of benzene rings is 2. The van der Waals surface area contributed by atoms with Crippen molar-refractivity contribution in [1.82, 2.24) is 4.98 Å². The summed E-state index contributed by atoms with van der Waals surface area (Å²) in [5.74, 6) is -0.214. The summed E-state index contributed by atoms with van der Waals surface area (Å²) < 4.78 is 13.0. The Balaban J connectivity index is 2.29. The molecule has 0 radical (unpaired) electrons. The predicted octanol–water partition coefficient (Wildman–Crippen LogP) is 4.66. The fraction of sp³-hybridized carbons (Fsp3) is 0.118. The minimum Gasteiger partial charge on any atom is -0.256 e. The van der Waals surface area contributed by atoms with Crippen LogP contribution in [0.2, 0.25) is 0 Å². The molecular weight excluding hydrogens is 237 g/mol. The quantitative estimate of drug-likeness (QED) is 0.613. The van der Waals surface area contributed by atoms with Crippen molar-refractivity contribution < 1.29 is 4.39 Å². The van der Waals surface area contributed by atoms with Gasteiger partial charge in [-0.05, 0) is 66.4 Å². The lowest BCUT2D eigenvalue weighted by molar-refractivity contribution is 0.628. The van der Waals surface area contributed by atoms with Gasteiger partial charge in [-0.3, -0.25) is 4.98 Å². The van der Waals surface area contributed by atoms with E-state index in [0.29, 0.717) is 0 Å². The molecule has 0 aliphatic rings. The van der Waals surface area contributed by atoms with Gasteiger partial charge in [-0.2, -0.15) is 0 Å². The van der Waals surface area contributed by atoms with Crippen molar-refractivity contribution in [1.29, 1.82) is 0 Å². The third kappa shape index (κ3) is 2.10. The third-order valence-corrected chi connectivity index (χ3v) is 3.51. The second kappa shape index (κ2) is 4.47. The third-order valence-electron chi connectivity index (χ3n) is 3.51. The first-order valence-electron chi connectivity index (χ1n) is 6.27. The Bertz CT molecular complexity index is 745. The smallest absolute Gasteiger partial charge is 0.123 e. The average Bonchev–Trinajstić information content (AvgIpc) is 2.41. The summed E-state index contributed by atoms with van der Waals surface area (Å²) in [5.41, 5.74) is 5.55. The molecule has 94 valence electrons. The summed E-state index contributed by atoms with van der Waals surface area (Å²) in [6.45, 7) is 4.18. The highest BCUT2D eigenvalue weighted by Crippen LogP contribution is 2.29. The van der Waals surface area contributed by atoms with Crippen molar-refractivity contribution >= 4 is 10.9 Å². The summed E-state index contributed by atoms with van der Waals surface area (Å²) in [7, 11) is 0. The predicted molar refractivity (Wildman–Crippen MR) is 76.6 cm³/mol. The largest absolute Gasteiger partial charge is 0.256 e. The van der Waals surface area contributed by atoms with Gasteiger partial charge in [0.15, 0.2) is 0 Å². The van der Waals surface area contributed by atoms with E-state index in [1.807, 2.05) is 6.07 Å². The molecule has 0 saturated heterocycles. The molecule has 0 bridgehead atoms. The number of hydrogen-bond donors (Lipinski definition) is 0. The molecule has 0 spiro atoms. The molecule has 1 heterocycles. The Labute approximate surface area is 111 Å². The van der Waals surface area contributed by atoms with Crippen molar-refractivity contribution in [2.45, 2.75) is 13.8 Å². The van der Waals surface area contributed by atoms with Crippen LogP contribution >= 0.6 is 0 Å². The minimum absolute atomic E-state index is 0.214. The van der Waals surface area contributed by atoms with E-state index >= 15 is 0 Å². The monoisotopic (exact) mass is 251 g/mol. The summed E-state index contributed by atoms with van der Waals surface area (Å²) in [6.07, 6.45) is 1.80. The van der Waals surface area contributed by atoms with Crippen LogP contribution in [0.25, 0.3) is 22.0 Å². The van der Waals surface area contributed by atoms with Gasteiger partial charge in [-0.25, -0.2) is 4.39 Å². The van der Waals surface area contributed by atoms with Gasteiger partial charge in [0.25, 0.3) is 0 Å². The van der Waals surface area contributed by atoms with Gasteiger partial charge in [0.05, 0.1) is 5.52 Å². The maximum atomic E-state index is 13.0.